The fourth-order valence-electron chi connectivity index (χ4n) is 1.99. The van der Waals surface area contributed by atoms with Crippen molar-refractivity contribution in [3.8, 4) is 0 Å². The molecule has 0 aliphatic rings. The molecule has 1 rings (SSSR count). The van der Waals surface area contributed by atoms with E-state index < -0.39 is 0 Å². The molecule has 0 bridgehead atoms. The van der Waals surface area contributed by atoms with E-state index in [1.807, 2.05) is 32.0 Å². The van der Waals surface area contributed by atoms with Crippen LogP contribution in [0.15, 0.2) is 18.2 Å². The van der Waals surface area contributed by atoms with Crippen molar-refractivity contribution < 1.29 is 14.3 Å². The maximum atomic E-state index is 12.1. The van der Waals surface area contributed by atoms with E-state index in [1.54, 1.807) is 7.05 Å². The molecule has 130 valence electrons. The van der Waals surface area contributed by atoms with Crippen LogP contribution in [0.2, 0.25) is 0 Å². The molecule has 0 aromatic heterocycles. The fourth-order valence-corrected chi connectivity index (χ4v) is 1.99. The van der Waals surface area contributed by atoms with Crippen molar-refractivity contribution in [1.29, 1.82) is 0 Å². The molecule has 0 saturated carbocycles. The Bertz CT molecular complexity index is 533. The first-order valence-electron chi connectivity index (χ1n) is 7.22. The molecule has 0 aliphatic carbocycles. The molecule has 1 atom stereocenters. The Kier molecular flexibility index (Phi) is 9.48. The molecule has 23 heavy (non-hydrogen) atoms. The van der Waals surface area contributed by atoms with E-state index in [9.17, 15) is 9.59 Å². The predicted molar refractivity (Wildman–Crippen MR) is 93.9 cm³/mol. The molecule has 2 amide bonds. The summed E-state index contributed by atoms with van der Waals surface area (Å²) in [7, 11) is 3.10. The van der Waals surface area contributed by atoms with Crippen LogP contribution >= 0.6 is 12.4 Å². The van der Waals surface area contributed by atoms with Gasteiger partial charge in [-0.1, -0.05) is 12.1 Å². The highest BCUT2D eigenvalue weighted by atomic mass is 35.5. The Labute approximate surface area is 143 Å². The minimum atomic E-state index is -0.322. The van der Waals surface area contributed by atoms with Crippen LogP contribution in [0.5, 0.6) is 0 Å². The van der Waals surface area contributed by atoms with Crippen molar-refractivity contribution in [1.82, 2.24) is 4.90 Å². The van der Waals surface area contributed by atoms with Gasteiger partial charge in [0.05, 0.1) is 19.1 Å². The second-order valence-corrected chi connectivity index (χ2v) is 5.34. The minimum Gasteiger partial charge on any atom is -0.380 e. The van der Waals surface area contributed by atoms with Gasteiger partial charge in [-0.2, -0.15) is 0 Å². The van der Waals surface area contributed by atoms with Gasteiger partial charge >= 0.3 is 0 Å². The fraction of sp³-hybridized carbons (Fsp3) is 0.500. The lowest BCUT2D eigenvalue weighted by Gasteiger charge is -2.20. The van der Waals surface area contributed by atoms with Crippen LogP contribution in [0, 0.1) is 13.8 Å². The van der Waals surface area contributed by atoms with E-state index >= 15 is 0 Å². The van der Waals surface area contributed by atoms with Gasteiger partial charge in [0.25, 0.3) is 0 Å². The lowest BCUT2D eigenvalue weighted by atomic mass is 10.1. The van der Waals surface area contributed by atoms with Gasteiger partial charge < -0.3 is 20.7 Å². The second-order valence-electron chi connectivity index (χ2n) is 5.34. The molecule has 3 N–H and O–H groups in total. The lowest BCUT2D eigenvalue weighted by Crippen LogP contribution is -2.38. The van der Waals surface area contributed by atoms with Gasteiger partial charge in [-0.25, -0.2) is 0 Å². The van der Waals surface area contributed by atoms with Gasteiger partial charge in [-0.3, -0.25) is 9.59 Å². The number of carbonyl (C=O) groups excluding carboxylic acids is 2. The number of benzene rings is 1. The summed E-state index contributed by atoms with van der Waals surface area (Å²) in [5.41, 5.74) is 8.38. The molecule has 0 fully saturated rings. The predicted octanol–water partition coefficient (Wildman–Crippen LogP) is 1.49. The number of nitrogens with one attached hydrogen (secondary N) is 1. The van der Waals surface area contributed by atoms with Gasteiger partial charge in [-0.05, 0) is 31.0 Å². The number of ether oxygens (including phenoxy) is 1. The summed E-state index contributed by atoms with van der Waals surface area (Å²) < 4.78 is 5.08. The average molecular weight is 344 g/mol. The van der Waals surface area contributed by atoms with Crippen LogP contribution in [0.3, 0.4) is 0 Å². The number of hydrogen-bond donors (Lipinski definition) is 2. The van der Waals surface area contributed by atoms with Crippen molar-refractivity contribution in [3.05, 3.63) is 29.3 Å². The summed E-state index contributed by atoms with van der Waals surface area (Å²) in [6.45, 7) is 4.20. The summed E-state index contributed by atoms with van der Waals surface area (Å²) in [6, 6.07) is 5.72. The van der Waals surface area contributed by atoms with Gasteiger partial charge in [-0.15, -0.1) is 12.4 Å². The van der Waals surface area contributed by atoms with Crippen molar-refractivity contribution in [2.45, 2.75) is 26.4 Å². The quantitative estimate of drug-likeness (QED) is 0.785. The summed E-state index contributed by atoms with van der Waals surface area (Å²) in [5.74, 6) is -0.403. The third-order valence-electron chi connectivity index (χ3n) is 3.68. The standard InChI is InChI=1S/C16H25N3O3.ClH/c1-11-6-5-7-14(12(11)2)18-15(20)10-19(3)16(21)8-13(9-17)22-4;/h5-7,13H,8-10,17H2,1-4H3,(H,18,20);1H. The van der Waals surface area contributed by atoms with E-state index in [0.717, 1.165) is 16.8 Å². The molecule has 7 heteroatoms. The van der Waals surface area contributed by atoms with E-state index in [4.69, 9.17) is 10.5 Å². The van der Waals surface area contributed by atoms with Crippen LogP contribution in [0.25, 0.3) is 0 Å². The minimum absolute atomic E-state index is 0. The summed E-state index contributed by atoms with van der Waals surface area (Å²) >= 11 is 0. The highest BCUT2D eigenvalue weighted by Crippen LogP contribution is 2.17. The van der Waals surface area contributed by atoms with Crippen LogP contribution < -0.4 is 11.1 Å². The van der Waals surface area contributed by atoms with E-state index in [1.165, 1.54) is 12.0 Å². The molecule has 0 saturated heterocycles. The summed E-state index contributed by atoms with van der Waals surface area (Å²) in [5, 5.41) is 2.83. The number of aryl methyl sites for hydroxylation is 1. The molecular weight excluding hydrogens is 318 g/mol. The third-order valence-corrected chi connectivity index (χ3v) is 3.68. The molecule has 1 aromatic carbocycles. The summed E-state index contributed by atoms with van der Waals surface area (Å²) in [4.78, 5) is 25.4. The van der Waals surface area contributed by atoms with Crippen LogP contribution in [-0.2, 0) is 14.3 Å². The average Bonchev–Trinajstić information content (AvgIpc) is 2.49. The Balaban J connectivity index is 0.00000484. The number of amides is 2. The third kappa shape index (κ3) is 6.56. The maximum absolute atomic E-state index is 12.1. The van der Waals surface area contributed by atoms with E-state index in [0.29, 0.717) is 0 Å². The Morgan fingerprint density at radius 1 is 1.35 bits per heavy atom. The second kappa shape index (κ2) is 10.2. The Morgan fingerprint density at radius 2 is 2.00 bits per heavy atom. The lowest BCUT2D eigenvalue weighted by molar-refractivity contribution is -0.135. The van der Waals surface area contributed by atoms with E-state index in [-0.39, 0.29) is 49.8 Å². The molecule has 1 unspecified atom stereocenters. The molecule has 1 aromatic rings. The number of methoxy groups -OCH3 is 1. The van der Waals surface area contributed by atoms with Crippen LogP contribution in [0.4, 0.5) is 5.69 Å². The van der Waals surface area contributed by atoms with Crippen molar-refractivity contribution in [3.63, 3.8) is 0 Å². The topological polar surface area (TPSA) is 84.7 Å². The molecule has 0 spiro atoms. The van der Waals surface area contributed by atoms with Gasteiger partial charge in [0.2, 0.25) is 11.8 Å². The highest BCUT2D eigenvalue weighted by Gasteiger charge is 2.17. The van der Waals surface area contributed by atoms with Crippen LogP contribution in [-0.4, -0.2) is 50.1 Å². The van der Waals surface area contributed by atoms with Crippen molar-refractivity contribution >= 4 is 29.9 Å². The SMILES string of the molecule is COC(CN)CC(=O)N(C)CC(=O)Nc1cccc(C)c1C.Cl. The van der Waals surface area contributed by atoms with Gasteiger partial charge in [0, 0.05) is 26.4 Å². The number of hydrogen-bond acceptors (Lipinski definition) is 4. The number of carbonyl (C=O) groups is 2. The number of likely N-dealkylation sites (N-methyl/N-ethyl adjacent to an activating group) is 1. The normalized spacial score (nSPS) is 11.3. The van der Waals surface area contributed by atoms with Crippen LogP contribution in [0.1, 0.15) is 17.5 Å². The first-order valence-corrected chi connectivity index (χ1v) is 7.22. The Hall–Kier alpha value is -1.63. The van der Waals surface area contributed by atoms with E-state index in [2.05, 4.69) is 5.32 Å². The monoisotopic (exact) mass is 343 g/mol. The molecular formula is C16H26ClN3O3. The zero-order chi connectivity index (χ0) is 16.7. The zero-order valence-electron chi connectivity index (χ0n) is 14.1. The first-order chi connectivity index (χ1) is 10.4. The molecule has 0 aliphatic heterocycles. The molecule has 0 radical (unpaired) electrons. The Morgan fingerprint density at radius 3 is 2.57 bits per heavy atom. The van der Waals surface area contributed by atoms with Gasteiger partial charge in [0.1, 0.15) is 0 Å². The number of rotatable bonds is 7. The first kappa shape index (κ1) is 21.4. The molecule has 6 nitrogen and oxygen atoms in total. The number of anilines is 1. The number of halogens is 1. The number of nitrogens with zero attached hydrogens (tertiary/aromatic N) is 1. The van der Waals surface area contributed by atoms with Gasteiger partial charge in [0.15, 0.2) is 0 Å². The highest BCUT2D eigenvalue weighted by molar-refractivity contribution is 5.95. The maximum Gasteiger partial charge on any atom is 0.243 e. The number of nitrogens with two attached hydrogens (primary N) is 1. The smallest absolute Gasteiger partial charge is 0.243 e. The molecule has 0 heterocycles. The summed E-state index contributed by atoms with van der Waals surface area (Å²) in [6.07, 6.45) is -0.155. The zero-order valence-corrected chi connectivity index (χ0v) is 14.9. The largest absolute Gasteiger partial charge is 0.380 e. The van der Waals surface area contributed by atoms with Crippen molar-refractivity contribution in [2.24, 2.45) is 5.73 Å². The van der Waals surface area contributed by atoms with Crippen molar-refractivity contribution in [2.75, 3.05) is 32.6 Å².